The molecule has 2 fully saturated rings. The van der Waals surface area contributed by atoms with E-state index in [1.54, 1.807) is 0 Å². The minimum absolute atomic E-state index is 0.236. The molecule has 25 heavy (non-hydrogen) atoms. The van der Waals surface area contributed by atoms with E-state index in [1.165, 1.54) is 36.9 Å². The van der Waals surface area contributed by atoms with Crippen LogP contribution >= 0.6 is 0 Å². The molecule has 0 bridgehead atoms. The predicted molar refractivity (Wildman–Crippen MR) is 101 cm³/mol. The molecule has 1 unspecified atom stereocenters. The Hall–Kier alpha value is -1.26. The van der Waals surface area contributed by atoms with Crippen LogP contribution in [-0.4, -0.2) is 32.3 Å². The Labute approximate surface area is 151 Å². The van der Waals surface area contributed by atoms with Gasteiger partial charge in [-0.25, -0.2) is 0 Å². The molecule has 3 atom stereocenters. The molecule has 1 aromatic carbocycles. The number of piperidine rings is 1. The number of hydrogen-bond acceptors (Lipinski definition) is 4. The maximum absolute atomic E-state index is 6.30. The van der Waals surface area contributed by atoms with E-state index in [0.717, 1.165) is 50.8 Å². The van der Waals surface area contributed by atoms with Crippen LogP contribution in [0.4, 0.5) is 5.69 Å². The Kier molecular flexibility index (Phi) is 5.47. The summed E-state index contributed by atoms with van der Waals surface area (Å²) in [6, 6.07) is 7.09. The first-order valence-corrected chi connectivity index (χ1v) is 10.2. The highest BCUT2D eigenvalue weighted by Crippen LogP contribution is 2.47. The summed E-state index contributed by atoms with van der Waals surface area (Å²) in [6.07, 6.45) is 7.51. The van der Waals surface area contributed by atoms with Crippen molar-refractivity contribution in [3.63, 3.8) is 0 Å². The van der Waals surface area contributed by atoms with Crippen molar-refractivity contribution in [2.75, 3.05) is 31.6 Å². The predicted octanol–water partition coefficient (Wildman–Crippen LogP) is 4.13. The molecule has 0 spiro atoms. The summed E-state index contributed by atoms with van der Waals surface area (Å²) >= 11 is 0. The standard InChI is InChI=1S/C21H32N2O2/c1-2-3-12-24-16-6-7-19-18(14-16)21-17(5-4-13-25-21)20(23-19)15-8-10-22-11-9-15/h6-7,14-15,17,20-23H,2-5,8-13H2,1H3/t17-,20?,21-/m0/s1. The average Bonchev–Trinajstić information content (AvgIpc) is 2.68. The summed E-state index contributed by atoms with van der Waals surface area (Å²) in [6.45, 7) is 6.19. The number of anilines is 1. The van der Waals surface area contributed by atoms with Gasteiger partial charge in [-0.3, -0.25) is 0 Å². The fraction of sp³-hybridized carbons (Fsp3) is 0.714. The number of nitrogens with one attached hydrogen (secondary N) is 2. The molecule has 0 radical (unpaired) electrons. The van der Waals surface area contributed by atoms with Gasteiger partial charge in [0.1, 0.15) is 5.75 Å². The van der Waals surface area contributed by atoms with Crippen LogP contribution in [0.3, 0.4) is 0 Å². The van der Waals surface area contributed by atoms with Gasteiger partial charge in [0.15, 0.2) is 0 Å². The molecule has 0 aliphatic carbocycles. The molecule has 0 saturated carbocycles. The second kappa shape index (κ2) is 7.96. The maximum Gasteiger partial charge on any atom is 0.119 e. The zero-order valence-electron chi connectivity index (χ0n) is 15.4. The van der Waals surface area contributed by atoms with Gasteiger partial charge in [0.05, 0.1) is 12.7 Å². The first-order chi connectivity index (χ1) is 12.4. The van der Waals surface area contributed by atoms with E-state index in [2.05, 4.69) is 35.8 Å². The smallest absolute Gasteiger partial charge is 0.119 e. The van der Waals surface area contributed by atoms with Gasteiger partial charge in [-0.15, -0.1) is 0 Å². The SMILES string of the molecule is CCCCOc1ccc2c(c1)[C@H]1OCCC[C@H]1C(C1CCNCC1)N2. The van der Waals surface area contributed by atoms with Gasteiger partial charge < -0.3 is 20.1 Å². The normalized spacial score (nSPS) is 29.4. The number of fused-ring (bicyclic) bond motifs is 3. The molecule has 4 heteroatoms. The van der Waals surface area contributed by atoms with Crippen molar-refractivity contribution < 1.29 is 9.47 Å². The molecule has 0 amide bonds. The number of rotatable bonds is 5. The van der Waals surface area contributed by atoms with Crippen molar-refractivity contribution in [1.82, 2.24) is 5.32 Å². The van der Waals surface area contributed by atoms with Crippen LogP contribution in [0.15, 0.2) is 18.2 Å². The van der Waals surface area contributed by atoms with E-state index in [0.29, 0.717) is 12.0 Å². The van der Waals surface area contributed by atoms with Crippen molar-refractivity contribution in [1.29, 1.82) is 0 Å². The average molecular weight is 344 g/mol. The van der Waals surface area contributed by atoms with Crippen LogP contribution in [0.2, 0.25) is 0 Å². The summed E-state index contributed by atoms with van der Waals surface area (Å²) in [5.74, 6) is 2.33. The highest BCUT2D eigenvalue weighted by Gasteiger charge is 2.42. The first-order valence-electron chi connectivity index (χ1n) is 10.2. The van der Waals surface area contributed by atoms with Gasteiger partial charge in [0.2, 0.25) is 0 Å². The molecule has 3 aliphatic rings. The Morgan fingerprint density at radius 3 is 2.92 bits per heavy atom. The second-order valence-electron chi connectivity index (χ2n) is 7.81. The van der Waals surface area contributed by atoms with E-state index in [-0.39, 0.29) is 6.10 Å². The third-order valence-electron chi connectivity index (χ3n) is 6.14. The molecule has 3 heterocycles. The van der Waals surface area contributed by atoms with E-state index in [9.17, 15) is 0 Å². The molecule has 2 N–H and O–H groups in total. The third-order valence-corrected chi connectivity index (χ3v) is 6.14. The van der Waals surface area contributed by atoms with Gasteiger partial charge in [-0.05, 0) is 69.3 Å². The van der Waals surface area contributed by atoms with E-state index < -0.39 is 0 Å². The molecular weight excluding hydrogens is 312 g/mol. The zero-order valence-corrected chi connectivity index (χ0v) is 15.4. The van der Waals surface area contributed by atoms with Crippen LogP contribution in [0.1, 0.15) is 57.1 Å². The van der Waals surface area contributed by atoms with E-state index >= 15 is 0 Å². The summed E-state index contributed by atoms with van der Waals surface area (Å²) < 4.78 is 12.2. The summed E-state index contributed by atoms with van der Waals surface area (Å²) in [5, 5.41) is 7.40. The largest absolute Gasteiger partial charge is 0.494 e. The summed E-state index contributed by atoms with van der Waals surface area (Å²) in [7, 11) is 0. The molecule has 2 saturated heterocycles. The zero-order chi connectivity index (χ0) is 17.1. The third kappa shape index (κ3) is 3.65. The van der Waals surface area contributed by atoms with Crippen LogP contribution in [-0.2, 0) is 4.74 Å². The van der Waals surface area contributed by atoms with Crippen LogP contribution in [0, 0.1) is 11.8 Å². The lowest BCUT2D eigenvalue weighted by Crippen LogP contribution is -2.48. The minimum atomic E-state index is 0.236. The molecular formula is C21H32N2O2. The van der Waals surface area contributed by atoms with Gasteiger partial charge in [0.25, 0.3) is 0 Å². The molecule has 1 aromatic rings. The summed E-state index contributed by atoms with van der Waals surface area (Å²) in [4.78, 5) is 0. The lowest BCUT2D eigenvalue weighted by Gasteiger charge is -2.47. The summed E-state index contributed by atoms with van der Waals surface area (Å²) in [5.41, 5.74) is 2.57. The van der Waals surface area contributed by atoms with Gasteiger partial charge in [-0.2, -0.15) is 0 Å². The monoisotopic (exact) mass is 344 g/mol. The van der Waals surface area contributed by atoms with Gasteiger partial charge in [-0.1, -0.05) is 13.3 Å². The number of benzene rings is 1. The van der Waals surface area contributed by atoms with Crippen molar-refractivity contribution in [3.05, 3.63) is 23.8 Å². The van der Waals surface area contributed by atoms with Crippen molar-refractivity contribution >= 4 is 5.69 Å². The van der Waals surface area contributed by atoms with Crippen LogP contribution in [0.25, 0.3) is 0 Å². The van der Waals surface area contributed by atoms with Crippen LogP contribution < -0.4 is 15.4 Å². The fourth-order valence-electron chi connectivity index (χ4n) is 4.78. The van der Waals surface area contributed by atoms with E-state index in [4.69, 9.17) is 9.47 Å². The lowest BCUT2D eigenvalue weighted by molar-refractivity contribution is -0.0455. The van der Waals surface area contributed by atoms with Crippen molar-refractivity contribution in [2.24, 2.45) is 11.8 Å². The lowest BCUT2D eigenvalue weighted by atomic mass is 9.73. The Morgan fingerprint density at radius 1 is 1.20 bits per heavy atom. The number of ether oxygens (including phenoxy) is 2. The Bertz CT molecular complexity index is 571. The minimum Gasteiger partial charge on any atom is -0.494 e. The number of unbranched alkanes of at least 4 members (excludes halogenated alkanes) is 1. The van der Waals surface area contributed by atoms with E-state index in [1.807, 2.05) is 0 Å². The molecule has 138 valence electrons. The van der Waals surface area contributed by atoms with Crippen LogP contribution in [0.5, 0.6) is 5.75 Å². The molecule has 3 aliphatic heterocycles. The highest BCUT2D eigenvalue weighted by molar-refractivity contribution is 5.58. The first kappa shape index (κ1) is 17.2. The quantitative estimate of drug-likeness (QED) is 0.788. The molecule has 4 rings (SSSR count). The Balaban J connectivity index is 1.57. The van der Waals surface area contributed by atoms with Gasteiger partial charge >= 0.3 is 0 Å². The van der Waals surface area contributed by atoms with Crippen molar-refractivity contribution in [2.45, 2.75) is 57.6 Å². The topological polar surface area (TPSA) is 42.5 Å². The van der Waals surface area contributed by atoms with Crippen molar-refractivity contribution in [3.8, 4) is 5.75 Å². The maximum atomic E-state index is 6.30. The highest BCUT2D eigenvalue weighted by atomic mass is 16.5. The fourth-order valence-corrected chi connectivity index (χ4v) is 4.78. The second-order valence-corrected chi connectivity index (χ2v) is 7.81. The van der Waals surface area contributed by atoms with Gasteiger partial charge in [0, 0.05) is 29.8 Å². The molecule has 4 nitrogen and oxygen atoms in total. The number of hydrogen-bond donors (Lipinski definition) is 2. The molecule has 0 aromatic heterocycles. The Morgan fingerprint density at radius 2 is 2.08 bits per heavy atom.